The van der Waals surface area contributed by atoms with Gasteiger partial charge in [0.2, 0.25) is 0 Å². The normalized spacial score (nSPS) is 13.7. The van der Waals surface area contributed by atoms with Crippen LogP contribution in [0.1, 0.15) is 33.6 Å². The summed E-state index contributed by atoms with van der Waals surface area (Å²) < 4.78 is 0. The molecule has 0 heterocycles. The Morgan fingerprint density at radius 1 is 1.40 bits per heavy atom. The summed E-state index contributed by atoms with van der Waals surface area (Å²) in [6.45, 7) is 9.86. The highest BCUT2D eigenvalue weighted by Crippen LogP contribution is 2.10. The molecule has 1 N–H and O–H groups in total. The summed E-state index contributed by atoms with van der Waals surface area (Å²) in [6, 6.07) is 0. The van der Waals surface area contributed by atoms with Gasteiger partial charge in [-0.2, -0.15) is 0 Å². The van der Waals surface area contributed by atoms with E-state index < -0.39 is 0 Å². The van der Waals surface area contributed by atoms with Crippen molar-refractivity contribution < 1.29 is 5.11 Å². The standard InChI is InChI=1S/C9H18O/c1-7(2)5-6-9(10)8(3)4/h7,9-10H,3,5-6H2,1-2,4H3/t9-/m0/s1. The SMILES string of the molecule is C=C(C)[C@@H](O)CCC(C)C. The van der Waals surface area contributed by atoms with Crippen molar-refractivity contribution in [2.75, 3.05) is 0 Å². The third-order valence-corrected chi connectivity index (χ3v) is 1.59. The quantitative estimate of drug-likeness (QED) is 0.597. The Hall–Kier alpha value is -0.300. The molecule has 0 aliphatic heterocycles. The molecule has 0 saturated heterocycles. The molecule has 0 bridgehead atoms. The van der Waals surface area contributed by atoms with Crippen LogP contribution in [0.15, 0.2) is 12.2 Å². The lowest BCUT2D eigenvalue weighted by Gasteiger charge is -2.10. The van der Waals surface area contributed by atoms with Gasteiger partial charge in [0.15, 0.2) is 0 Å². The lowest BCUT2D eigenvalue weighted by molar-refractivity contribution is 0.192. The second kappa shape index (κ2) is 4.51. The van der Waals surface area contributed by atoms with Gasteiger partial charge in [0.25, 0.3) is 0 Å². The minimum Gasteiger partial charge on any atom is -0.389 e. The fourth-order valence-electron chi connectivity index (χ4n) is 0.738. The summed E-state index contributed by atoms with van der Waals surface area (Å²) >= 11 is 0. The first kappa shape index (κ1) is 9.70. The van der Waals surface area contributed by atoms with Crippen LogP contribution in [0.3, 0.4) is 0 Å². The molecule has 0 aromatic heterocycles. The predicted molar refractivity (Wildman–Crippen MR) is 44.9 cm³/mol. The summed E-state index contributed by atoms with van der Waals surface area (Å²) in [5.74, 6) is 0.675. The second-order valence-corrected chi connectivity index (χ2v) is 3.33. The summed E-state index contributed by atoms with van der Waals surface area (Å²) in [4.78, 5) is 0. The highest BCUT2D eigenvalue weighted by atomic mass is 16.3. The predicted octanol–water partition coefficient (Wildman–Crippen LogP) is 2.36. The molecule has 1 nitrogen and oxygen atoms in total. The maximum atomic E-state index is 9.28. The van der Waals surface area contributed by atoms with Crippen LogP contribution in [0.2, 0.25) is 0 Å². The first-order valence-corrected chi connectivity index (χ1v) is 3.87. The van der Waals surface area contributed by atoms with Crippen molar-refractivity contribution in [2.24, 2.45) is 5.92 Å². The van der Waals surface area contributed by atoms with E-state index in [0.29, 0.717) is 5.92 Å². The molecule has 0 aliphatic carbocycles. The van der Waals surface area contributed by atoms with E-state index in [9.17, 15) is 5.11 Å². The van der Waals surface area contributed by atoms with Gasteiger partial charge >= 0.3 is 0 Å². The van der Waals surface area contributed by atoms with Gasteiger partial charge in [-0.05, 0) is 25.7 Å². The van der Waals surface area contributed by atoms with E-state index in [4.69, 9.17) is 0 Å². The Kier molecular flexibility index (Phi) is 4.37. The van der Waals surface area contributed by atoms with Crippen molar-refractivity contribution in [3.63, 3.8) is 0 Å². The van der Waals surface area contributed by atoms with Gasteiger partial charge in [-0.1, -0.05) is 26.0 Å². The van der Waals surface area contributed by atoms with Crippen LogP contribution in [0.25, 0.3) is 0 Å². The minimum atomic E-state index is -0.289. The van der Waals surface area contributed by atoms with Gasteiger partial charge in [-0.3, -0.25) is 0 Å². The molecule has 0 aromatic carbocycles. The highest BCUT2D eigenvalue weighted by Gasteiger charge is 2.04. The Balaban J connectivity index is 3.40. The van der Waals surface area contributed by atoms with Crippen molar-refractivity contribution in [1.82, 2.24) is 0 Å². The number of aliphatic hydroxyl groups excluding tert-OH is 1. The third-order valence-electron chi connectivity index (χ3n) is 1.59. The molecule has 0 radical (unpaired) electrons. The monoisotopic (exact) mass is 142 g/mol. The van der Waals surface area contributed by atoms with E-state index in [1.54, 1.807) is 0 Å². The molecule has 0 saturated carbocycles. The number of hydrogen-bond donors (Lipinski definition) is 1. The first-order chi connectivity index (χ1) is 4.54. The molecule has 0 aromatic rings. The second-order valence-electron chi connectivity index (χ2n) is 3.33. The van der Waals surface area contributed by atoms with Crippen molar-refractivity contribution in [2.45, 2.75) is 39.7 Å². The van der Waals surface area contributed by atoms with Gasteiger partial charge < -0.3 is 5.11 Å². The highest BCUT2D eigenvalue weighted by molar-refractivity contribution is 4.96. The Morgan fingerprint density at radius 3 is 2.20 bits per heavy atom. The van der Waals surface area contributed by atoms with Crippen molar-refractivity contribution in [3.8, 4) is 0 Å². The number of aliphatic hydroxyl groups is 1. The molecule has 10 heavy (non-hydrogen) atoms. The van der Waals surface area contributed by atoms with Gasteiger partial charge in [0, 0.05) is 0 Å². The van der Waals surface area contributed by atoms with E-state index in [0.717, 1.165) is 18.4 Å². The Labute approximate surface area is 63.8 Å². The molecule has 60 valence electrons. The summed E-state index contributed by atoms with van der Waals surface area (Å²) in [7, 11) is 0. The van der Waals surface area contributed by atoms with Gasteiger partial charge in [0.05, 0.1) is 6.10 Å². The lowest BCUT2D eigenvalue weighted by Crippen LogP contribution is -2.08. The van der Waals surface area contributed by atoms with Crippen molar-refractivity contribution >= 4 is 0 Å². The molecule has 0 aliphatic rings. The van der Waals surface area contributed by atoms with Gasteiger partial charge in [0.1, 0.15) is 0 Å². The van der Waals surface area contributed by atoms with Crippen molar-refractivity contribution in [3.05, 3.63) is 12.2 Å². The molecule has 0 unspecified atom stereocenters. The maximum Gasteiger partial charge on any atom is 0.0744 e. The van der Waals surface area contributed by atoms with Crippen LogP contribution < -0.4 is 0 Å². The molecular formula is C9H18O. The summed E-state index contributed by atoms with van der Waals surface area (Å²) in [5, 5.41) is 9.28. The van der Waals surface area contributed by atoms with Crippen LogP contribution in [-0.4, -0.2) is 11.2 Å². The number of hydrogen-bond acceptors (Lipinski definition) is 1. The van der Waals surface area contributed by atoms with Crippen LogP contribution in [0.4, 0.5) is 0 Å². The van der Waals surface area contributed by atoms with Crippen molar-refractivity contribution in [1.29, 1.82) is 0 Å². The molecule has 0 amide bonds. The van der Waals surface area contributed by atoms with E-state index in [-0.39, 0.29) is 6.10 Å². The Bertz CT molecular complexity index is 105. The van der Waals surface area contributed by atoms with E-state index in [2.05, 4.69) is 20.4 Å². The van der Waals surface area contributed by atoms with Gasteiger partial charge in [-0.25, -0.2) is 0 Å². The average Bonchev–Trinajstić information content (AvgIpc) is 1.82. The van der Waals surface area contributed by atoms with Crippen LogP contribution >= 0.6 is 0 Å². The van der Waals surface area contributed by atoms with E-state index in [1.165, 1.54) is 0 Å². The van der Waals surface area contributed by atoms with E-state index in [1.807, 2.05) is 6.92 Å². The molecule has 1 heteroatoms. The topological polar surface area (TPSA) is 20.2 Å². The third kappa shape index (κ3) is 4.57. The smallest absolute Gasteiger partial charge is 0.0744 e. The zero-order chi connectivity index (χ0) is 8.15. The van der Waals surface area contributed by atoms with Gasteiger partial charge in [-0.15, -0.1) is 0 Å². The van der Waals surface area contributed by atoms with Crippen LogP contribution in [-0.2, 0) is 0 Å². The fraction of sp³-hybridized carbons (Fsp3) is 0.778. The molecule has 1 atom stereocenters. The number of rotatable bonds is 4. The van der Waals surface area contributed by atoms with E-state index >= 15 is 0 Å². The first-order valence-electron chi connectivity index (χ1n) is 3.87. The lowest BCUT2D eigenvalue weighted by atomic mass is 10.0. The zero-order valence-corrected chi connectivity index (χ0v) is 7.22. The molecular weight excluding hydrogens is 124 g/mol. The Morgan fingerprint density at radius 2 is 1.90 bits per heavy atom. The minimum absolute atomic E-state index is 0.289. The fourth-order valence-corrected chi connectivity index (χ4v) is 0.738. The maximum absolute atomic E-state index is 9.28. The molecule has 0 rings (SSSR count). The largest absolute Gasteiger partial charge is 0.389 e. The molecule has 0 spiro atoms. The van der Waals surface area contributed by atoms with Crippen LogP contribution in [0.5, 0.6) is 0 Å². The molecule has 0 fully saturated rings. The van der Waals surface area contributed by atoms with Crippen LogP contribution in [0, 0.1) is 5.92 Å². The zero-order valence-electron chi connectivity index (χ0n) is 7.22. The summed E-state index contributed by atoms with van der Waals surface area (Å²) in [5.41, 5.74) is 0.876. The summed E-state index contributed by atoms with van der Waals surface area (Å²) in [6.07, 6.45) is 1.64. The average molecular weight is 142 g/mol.